The van der Waals surface area contributed by atoms with Gasteiger partial charge in [-0.3, -0.25) is 0 Å². The standard InChI is InChI=1S/C28H40N2O7/c1-33-12-3-10-30-11-13-35-25-9-4-20(14-24(25)30)18-36-26-15-29-16-27(37-19-22(32)17-31)28(26)21-5-7-23(34-2)8-6-21/h4-9,14,22,26-29,31-32H,3,10-13,15-19H2,1-2H3/t22-,26+,27-,28?/m1/s1. The largest absolute Gasteiger partial charge is 0.497 e. The van der Waals surface area contributed by atoms with Gasteiger partial charge in [-0.1, -0.05) is 18.2 Å². The quantitative estimate of drug-likeness (QED) is 0.345. The van der Waals surface area contributed by atoms with Crippen LogP contribution in [-0.2, 0) is 20.8 Å². The van der Waals surface area contributed by atoms with Crippen LogP contribution in [0.15, 0.2) is 42.5 Å². The molecule has 2 aliphatic rings. The van der Waals surface area contributed by atoms with Crippen LogP contribution in [0.4, 0.5) is 5.69 Å². The van der Waals surface area contributed by atoms with Gasteiger partial charge in [-0.25, -0.2) is 0 Å². The van der Waals surface area contributed by atoms with E-state index in [9.17, 15) is 10.2 Å². The number of methoxy groups -OCH3 is 2. The molecule has 37 heavy (non-hydrogen) atoms. The molecule has 1 unspecified atom stereocenters. The van der Waals surface area contributed by atoms with E-state index >= 15 is 0 Å². The van der Waals surface area contributed by atoms with E-state index in [1.54, 1.807) is 14.2 Å². The molecule has 3 N–H and O–H groups in total. The molecule has 0 aliphatic carbocycles. The Morgan fingerprint density at radius 3 is 2.59 bits per heavy atom. The van der Waals surface area contributed by atoms with Gasteiger partial charge in [0.05, 0.1) is 51.4 Å². The van der Waals surface area contributed by atoms with E-state index in [2.05, 4.69) is 22.3 Å². The predicted octanol–water partition coefficient (Wildman–Crippen LogP) is 1.94. The Hall–Kier alpha value is -2.40. The number of benzene rings is 2. The zero-order chi connectivity index (χ0) is 26.0. The Labute approximate surface area is 219 Å². The van der Waals surface area contributed by atoms with E-state index in [0.29, 0.717) is 26.3 Å². The van der Waals surface area contributed by atoms with Crippen molar-refractivity contribution in [2.24, 2.45) is 0 Å². The monoisotopic (exact) mass is 516 g/mol. The summed E-state index contributed by atoms with van der Waals surface area (Å²) in [4.78, 5) is 2.35. The summed E-state index contributed by atoms with van der Waals surface area (Å²) >= 11 is 0. The Bertz CT molecular complexity index is 958. The molecule has 4 atom stereocenters. The number of piperidine rings is 1. The second kappa shape index (κ2) is 13.9. The Morgan fingerprint density at radius 1 is 1.08 bits per heavy atom. The maximum absolute atomic E-state index is 9.85. The first-order valence-electron chi connectivity index (χ1n) is 13.0. The van der Waals surface area contributed by atoms with Gasteiger partial charge in [-0.2, -0.15) is 0 Å². The molecule has 2 aliphatic heterocycles. The predicted molar refractivity (Wildman–Crippen MR) is 141 cm³/mol. The second-order valence-electron chi connectivity index (χ2n) is 9.50. The highest BCUT2D eigenvalue weighted by molar-refractivity contribution is 5.61. The molecule has 0 spiro atoms. The fourth-order valence-electron chi connectivity index (χ4n) is 4.97. The van der Waals surface area contributed by atoms with Crippen molar-refractivity contribution in [1.82, 2.24) is 5.32 Å². The number of aliphatic hydroxyl groups excluding tert-OH is 2. The topological polar surface area (TPSA) is 102 Å². The molecule has 9 nitrogen and oxygen atoms in total. The van der Waals surface area contributed by atoms with Crippen molar-refractivity contribution in [1.29, 1.82) is 0 Å². The number of nitrogens with zero attached hydrogens (tertiary/aromatic N) is 1. The molecule has 204 valence electrons. The maximum atomic E-state index is 9.85. The zero-order valence-corrected chi connectivity index (χ0v) is 21.8. The Balaban J connectivity index is 1.48. The Kier molecular flexibility index (Phi) is 10.4. The maximum Gasteiger partial charge on any atom is 0.142 e. The van der Waals surface area contributed by atoms with Gasteiger partial charge < -0.3 is 44.1 Å². The molecule has 4 rings (SSSR count). The number of rotatable bonds is 13. The molecule has 1 fully saturated rings. The van der Waals surface area contributed by atoms with Crippen molar-refractivity contribution in [2.75, 3.05) is 71.7 Å². The van der Waals surface area contributed by atoms with Crippen molar-refractivity contribution in [2.45, 2.75) is 37.3 Å². The first-order valence-corrected chi connectivity index (χ1v) is 13.0. The molecule has 0 radical (unpaired) electrons. The molecule has 0 bridgehead atoms. The van der Waals surface area contributed by atoms with Gasteiger partial charge in [0.2, 0.25) is 0 Å². The summed E-state index contributed by atoms with van der Waals surface area (Å²) in [6, 6.07) is 14.2. The summed E-state index contributed by atoms with van der Waals surface area (Å²) in [5.41, 5.74) is 3.25. The number of nitrogens with one attached hydrogen (secondary N) is 1. The van der Waals surface area contributed by atoms with Crippen LogP contribution in [0.25, 0.3) is 0 Å². The van der Waals surface area contributed by atoms with Crippen LogP contribution in [0.5, 0.6) is 11.5 Å². The van der Waals surface area contributed by atoms with Crippen molar-refractivity contribution in [3.8, 4) is 11.5 Å². The van der Waals surface area contributed by atoms with Gasteiger partial charge in [0.25, 0.3) is 0 Å². The molecule has 1 saturated heterocycles. The highest BCUT2D eigenvalue weighted by Crippen LogP contribution is 2.35. The third-order valence-corrected chi connectivity index (χ3v) is 6.93. The van der Waals surface area contributed by atoms with E-state index < -0.39 is 6.10 Å². The van der Waals surface area contributed by atoms with Gasteiger partial charge in [0.1, 0.15) is 24.2 Å². The van der Waals surface area contributed by atoms with E-state index in [4.69, 9.17) is 23.7 Å². The Morgan fingerprint density at radius 2 is 1.86 bits per heavy atom. The van der Waals surface area contributed by atoms with Crippen molar-refractivity contribution in [3.05, 3.63) is 53.6 Å². The highest BCUT2D eigenvalue weighted by Gasteiger charge is 2.36. The molecule has 9 heteroatoms. The summed E-state index contributed by atoms with van der Waals surface area (Å²) in [6.45, 7) is 4.66. The van der Waals surface area contributed by atoms with Crippen molar-refractivity contribution in [3.63, 3.8) is 0 Å². The van der Waals surface area contributed by atoms with Crippen LogP contribution >= 0.6 is 0 Å². The summed E-state index contributed by atoms with van der Waals surface area (Å²) in [6.07, 6.45) is -0.326. The summed E-state index contributed by atoms with van der Waals surface area (Å²) in [5.74, 6) is 1.64. The van der Waals surface area contributed by atoms with E-state index in [1.807, 2.05) is 30.3 Å². The minimum Gasteiger partial charge on any atom is -0.497 e. The summed E-state index contributed by atoms with van der Waals surface area (Å²) < 4.78 is 29.0. The van der Waals surface area contributed by atoms with Crippen LogP contribution in [-0.4, -0.2) is 95.4 Å². The summed E-state index contributed by atoms with van der Waals surface area (Å²) in [5, 5.41) is 22.5. The molecule has 0 aromatic heterocycles. The minimum absolute atomic E-state index is 0.0513. The van der Waals surface area contributed by atoms with E-state index in [-0.39, 0.29) is 31.3 Å². The number of fused-ring (bicyclic) bond motifs is 1. The average Bonchev–Trinajstić information content (AvgIpc) is 2.95. The second-order valence-corrected chi connectivity index (χ2v) is 9.50. The highest BCUT2D eigenvalue weighted by atomic mass is 16.5. The van der Waals surface area contributed by atoms with Gasteiger partial charge >= 0.3 is 0 Å². The first-order chi connectivity index (χ1) is 18.1. The molecular formula is C28H40N2O7. The fourth-order valence-corrected chi connectivity index (χ4v) is 4.97. The third-order valence-electron chi connectivity index (χ3n) is 6.93. The van der Waals surface area contributed by atoms with Crippen LogP contribution in [0, 0.1) is 0 Å². The lowest BCUT2D eigenvalue weighted by atomic mass is 9.85. The van der Waals surface area contributed by atoms with Gasteiger partial charge in [0, 0.05) is 39.3 Å². The SMILES string of the molecule is COCCCN1CCOc2ccc(CO[C@H]3CNC[C@@H](OC[C@H](O)CO)C3c3ccc(OC)cc3)cc21. The fraction of sp³-hybridized carbons (Fsp3) is 0.571. The van der Waals surface area contributed by atoms with E-state index in [0.717, 1.165) is 54.4 Å². The lowest BCUT2D eigenvalue weighted by Gasteiger charge is -2.39. The van der Waals surface area contributed by atoms with Gasteiger partial charge in [0.15, 0.2) is 0 Å². The molecule has 0 amide bonds. The van der Waals surface area contributed by atoms with Crippen LogP contribution in [0.1, 0.15) is 23.5 Å². The lowest BCUT2D eigenvalue weighted by Crippen LogP contribution is -2.51. The number of hydrogen-bond donors (Lipinski definition) is 3. The number of anilines is 1. The number of ether oxygens (including phenoxy) is 5. The van der Waals surface area contributed by atoms with Crippen LogP contribution < -0.4 is 19.7 Å². The van der Waals surface area contributed by atoms with Gasteiger partial charge in [-0.05, 0) is 41.8 Å². The number of aliphatic hydroxyl groups is 2. The molecular weight excluding hydrogens is 476 g/mol. The number of hydrogen-bond acceptors (Lipinski definition) is 9. The zero-order valence-electron chi connectivity index (χ0n) is 21.8. The van der Waals surface area contributed by atoms with Crippen molar-refractivity contribution < 1.29 is 33.9 Å². The normalized spacial score (nSPS) is 22.3. The molecule has 2 aromatic rings. The first kappa shape index (κ1) is 27.6. The van der Waals surface area contributed by atoms with Crippen LogP contribution in [0.2, 0.25) is 0 Å². The van der Waals surface area contributed by atoms with Crippen molar-refractivity contribution >= 4 is 5.69 Å². The smallest absolute Gasteiger partial charge is 0.142 e. The molecule has 0 saturated carbocycles. The minimum atomic E-state index is -0.914. The molecule has 2 heterocycles. The third kappa shape index (κ3) is 7.34. The summed E-state index contributed by atoms with van der Waals surface area (Å²) in [7, 11) is 3.38. The van der Waals surface area contributed by atoms with E-state index in [1.165, 1.54) is 0 Å². The van der Waals surface area contributed by atoms with Gasteiger partial charge in [-0.15, -0.1) is 0 Å². The average molecular weight is 517 g/mol. The van der Waals surface area contributed by atoms with Crippen LogP contribution in [0.3, 0.4) is 0 Å². The lowest BCUT2D eigenvalue weighted by molar-refractivity contribution is -0.0833. The molecule has 2 aromatic carbocycles.